The second-order valence-corrected chi connectivity index (χ2v) is 4.35. The van der Waals surface area contributed by atoms with Crippen molar-refractivity contribution < 1.29 is 0 Å². The highest BCUT2D eigenvalue weighted by molar-refractivity contribution is 6.31. The summed E-state index contributed by atoms with van der Waals surface area (Å²) in [4.78, 5) is 8.55. The van der Waals surface area contributed by atoms with E-state index in [1.165, 1.54) is 0 Å². The normalized spacial score (nSPS) is 10.5. The first-order valence-electron chi connectivity index (χ1n) is 5.48. The molecule has 0 amide bonds. The Balaban J connectivity index is 2.10. The maximum Gasteiger partial charge on any atom is 0.131 e. The van der Waals surface area contributed by atoms with Crippen molar-refractivity contribution in [2.75, 3.05) is 5.73 Å². The molecule has 3 nitrogen and oxygen atoms in total. The van der Waals surface area contributed by atoms with E-state index >= 15 is 0 Å². The predicted octanol–water partition coefficient (Wildman–Crippen LogP) is 2.81. The van der Waals surface area contributed by atoms with Crippen LogP contribution in [0.4, 0.5) is 5.82 Å². The average Bonchev–Trinajstić information content (AvgIpc) is 2.27. The molecule has 2 N–H and O–H groups in total. The molecule has 1 aromatic heterocycles. The minimum Gasteiger partial charge on any atom is -0.384 e. The number of anilines is 1. The summed E-state index contributed by atoms with van der Waals surface area (Å²) in [5.74, 6) is 1.29. The van der Waals surface area contributed by atoms with Crippen LogP contribution in [0.1, 0.15) is 17.1 Å². The fourth-order valence-corrected chi connectivity index (χ4v) is 1.95. The molecule has 1 heterocycles. The van der Waals surface area contributed by atoms with Gasteiger partial charge in [0.05, 0.1) is 0 Å². The molecule has 2 aromatic rings. The lowest BCUT2D eigenvalue weighted by molar-refractivity contribution is 0.850. The number of aromatic nitrogens is 2. The summed E-state index contributed by atoms with van der Waals surface area (Å²) in [5.41, 5.74) is 7.69. The van der Waals surface area contributed by atoms with E-state index in [-0.39, 0.29) is 0 Å². The molecule has 0 unspecified atom stereocenters. The van der Waals surface area contributed by atoms with Gasteiger partial charge in [-0.1, -0.05) is 29.8 Å². The molecule has 0 fully saturated rings. The fraction of sp³-hybridized carbons (Fsp3) is 0.231. The van der Waals surface area contributed by atoms with E-state index in [1.807, 2.05) is 31.2 Å². The Labute approximate surface area is 106 Å². The number of hydrogen-bond donors (Lipinski definition) is 1. The van der Waals surface area contributed by atoms with E-state index in [4.69, 9.17) is 17.3 Å². The van der Waals surface area contributed by atoms with Crippen LogP contribution in [0.2, 0.25) is 5.02 Å². The molecular formula is C13H14ClN3. The van der Waals surface area contributed by atoms with Crippen LogP contribution >= 0.6 is 11.6 Å². The Morgan fingerprint density at radius 3 is 2.65 bits per heavy atom. The molecule has 4 heteroatoms. The number of nitrogens with zero attached hydrogens (tertiary/aromatic N) is 2. The van der Waals surface area contributed by atoms with E-state index in [0.717, 1.165) is 34.9 Å². The summed E-state index contributed by atoms with van der Waals surface area (Å²) in [5, 5.41) is 0.785. The lowest BCUT2D eigenvalue weighted by Gasteiger charge is -2.04. The van der Waals surface area contributed by atoms with Gasteiger partial charge in [0.25, 0.3) is 0 Å². The van der Waals surface area contributed by atoms with Gasteiger partial charge in [0, 0.05) is 23.2 Å². The van der Waals surface area contributed by atoms with E-state index in [9.17, 15) is 0 Å². The van der Waals surface area contributed by atoms with E-state index in [2.05, 4.69) is 9.97 Å². The van der Waals surface area contributed by atoms with Crippen molar-refractivity contribution in [1.29, 1.82) is 0 Å². The Bertz CT molecular complexity index is 506. The lowest BCUT2D eigenvalue weighted by atomic mass is 10.1. The van der Waals surface area contributed by atoms with Crippen molar-refractivity contribution in [2.24, 2.45) is 0 Å². The predicted molar refractivity (Wildman–Crippen MR) is 70.0 cm³/mol. The van der Waals surface area contributed by atoms with Crippen LogP contribution in [0, 0.1) is 6.92 Å². The van der Waals surface area contributed by atoms with E-state index < -0.39 is 0 Å². The van der Waals surface area contributed by atoms with E-state index in [0.29, 0.717) is 5.82 Å². The zero-order valence-corrected chi connectivity index (χ0v) is 10.4. The highest BCUT2D eigenvalue weighted by atomic mass is 35.5. The average molecular weight is 248 g/mol. The quantitative estimate of drug-likeness (QED) is 0.908. The Kier molecular flexibility index (Phi) is 3.59. The minimum absolute atomic E-state index is 0.520. The number of hydrogen-bond acceptors (Lipinski definition) is 3. The Hall–Kier alpha value is -1.61. The van der Waals surface area contributed by atoms with Gasteiger partial charge in [-0.25, -0.2) is 9.97 Å². The third kappa shape index (κ3) is 3.17. The van der Waals surface area contributed by atoms with Crippen LogP contribution in [-0.2, 0) is 12.8 Å². The number of nitrogens with two attached hydrogens (primary N) is 1. The first kappa shape index (κ1) is 11.9. The zero-order chi connectivity index (χ0) is 12.3. The Morgan fingerprint density at radius 1 is 1.18 bits per heavy atom. The van der Waals surface area contributed by atoms with Crippen molar-refractivity contribution in [2.45, 2.75) is 19.8 Å². The second-order valence-electron chi connectivity index (χ2n) is 3.94. The summed E-state index contributed by atoms with van der Waals surface area (Å²) < 4.78 is 0. The van der Waals surface area contributed by atoms with Gasteiger partial charge in [0.2, 0.25) is 0 Å². The zero-order valence-electron chi connectivity index (χ0n) is 9.65. The summed E-state index contributed by atoms with van der Waals surface area (Å²) in [6.07, 6.45) is 1.57. The Morgan fingerprint density at radius 2 is 1.94 bits per heavy atom. The van der Waals surface area contributed by atoms with Crippen LogP contribution in [0.15, 0.2) is 30.3 Å². The van der Waals surface area contributed by atoms with Crippen molar-refractivity contribution in [3.8, 4) is 0 Å². The van der Waals surface area contributed by atoms with Crippen LogP contribution < -0.4 is 5.73 Å². The molecule has 0 spiro atoms. The van der Waals surface area contributed by atoms with Gasteiger partial charge in [0.1, 0.15) is 11.6 Å². The maximum atomic E-state index is 6.09. The molecule has 17 heavy (non-hydrogen) atoms. The number of benzene rings is 1. The van der Waals surface area contributed by atoms with Crippen LogP contribution in [0.3, 0.4) is 0 Å². The molecule has 88 valence electrons. The van der Waals surface area contributed by atoms with Crippen LogP contribution in [0.5, 0.6) is 0 Å². The molecule has 0 bridgehead atoms. The highest BCUT2D eigenvalue weighted by Gasteiger charge is 2.03. The van der Waals surface area contributed by atoms with Crippen LogP contribution in [0.25, 0.3) is 0 Å². The summed E-state index contributed by atoms with van der Waals surface area (Å²) in [7, 11) is 0. The fourth-order valence-electron chi connectivity index (χ4n) is 1.72. The molecule has 1 aromatic carbocycles. The molecular weight excluding hydrogens is 234 g/mol. The molecule has 0 saturated carbocycles. The van der Waals surface area contributed by atoms with Gasteiger partial charge < -0.3 is 5.73 Å². The largest absolute Gasteiger partial charge is 0.384 e. The van der Waals surface area contributed by atoms with Crippen molar-refractivity contribution in [1.82, 2.24) is 9.97 Å². The molecule has 0 saturated heterocycles. The monoisotopic (exact) mass is 247 g/mol. The van der Waals surface area contributed by atoms with Gasteiger partial charge in [-0.05, 0) is 25.0 Å². The minimum atomic E-state index is 0.520. The third-order valence-corrected chi connectivity index (χ3v) is 2.86. The summed E-state index contributed by atoms with van der Waals surface area (Å²) in [6.45, 7) is 1.91. The van der Waals surface area contributed by atoms with Gasteiger partial charge in [0.15, 0.2) is 0 Å². The van der Waals surface area contributed by atoms with E-state index in [1.54, 1.807) is 6.07 Å². The number of halogens is 1. The molecule has 2 rings (SSSR count). The maximum absolute atomic E-state index is 6.09. The van der Waals surface area contributed by atoms with Gasteiger partial charge >= 0.3 is 0 Å². The number of rotatable bonds is 3. The smallest absolute Gasteiger partial charge is 0.131 e. The van der Waals surface area contributed by atoms with Crippen molar-refractivity contribution >= 4 is 17.4 Å². The molecule has 0 atom stereocenters. The SMILES string of the molecule is Cc1cc(N)nc(CCc2ccccc2Cl)n1. The molecule has 0 aliphatic rings. The van der Waals surface area contributed by atoms with Crippen LogP contribution in [-0.4, -0.2) is 9.97 Å². The number of aryl methyl sites for hydroxylation is 3. The number of nitrogen functional groups attached to an aromatic ring is 1. The first-order chi connectivity index (χ1) is 8.15. The molecule has 0 aliphatic carbocycles. The summed E-state index contributed by atoms with van der Waals surface area (Å²) in [6, 6.07) is 9.57. The standard InChI is InChI=1S/C13H14ClN3/c1-9-8-12(15)17-13(16-9)7-6-10-4-2-3-5-11(10)14/h2-5,8H,6-7H2,1H3,(H2,15,16,17). The van der Waals surface area contributed by atoms with Crippen molar-refractivity contribution in [3.63, 3.8) is 0 Å². The second kappa shape index (κ2) is 5.15. The molecule has 0 radical (unpaired) electrons. The van der Waals surface area contributed by atoms with Gasteiger partial charge in [-0.15, -0.1) is 0 Å². The highest BCUT2D eigenvalue weighted by Crippen LogP contribution is 2.16. The lowest BCUT2D eigenvalue weighted by Crippen LogP contribution is -2.03. The topological polar surface area (TPSA) is 51.8 Å². The molecule has 0 aliphatic heterocycles. The van der Waals surface area contributed by atoms with Gasteiger partial charge in [-0.3, -0.25) is 0 Å². The van der Waals surface area contributed by atoms with Crippen molar-refractivity contribution in [3.05, 3.63) is 52.4 Å². The first-order valence-corrected chi connectivity index (χ1v) is 5.86. The summed E-state index contributed by atoms with van der Waals surface area (Å²) >= 11 is 6.09. The third-order valence-electron chi connectivity index (χ3n) is 2.50. The van der Waals surface area contributed by atoms with Gasteiger partial charge in [-0.2, -0.15) is 0 Å².